The average molecular weight is 518 g/mol. The van der Waals surface area contributed by atoms with E-state index in [1.807, 2.05) is 30.3 Å². The molecule has 0 aliphatic heterocycles. The van der Waals surface area contributed by atoms with E-state index in [1.54, 1.807) is 28.7 Å². The smallest absolute Gasteiger partial charge is 0.262 e. The first kappa shape index (κ1) is 26.7. The number of rotatable bonds is 11. The van der Waals surface area contributed by atoms with Crippen LogP contribution in [0.2, 0.25) is 0 Å². The Kier molecular flexibility index (Phi) is 8.87. The van der Waals surface area contributed by atoms with Gasteiger partial charge in [0.1, 0.15) is 5.76 Å². The van der Waals surface area contributed by atoms with Crippen LogP contribution < -0.4 is 10.9 Å². The number of furan rings is 1. The maximum Gasteiger partial charge on any atom is 0.262 e. The maximum atomic E-state index is 13.3. The van der Waals surface area contributed by atoms with Gasteiger partial charge in [0, 0.05) is 18.7 Å². The first-order valence-electron chi connectivity index (χ1n) is 12.8. The molecule has 194 valence electrons. The van der Waals surface area contributed by atoms with Gasteiger partial charge in [-0.3, -0.25) is 14.2 Å². The summed E-state index contributed by atoms with van der Waals surface area (Å²) in [5, 5.41) is 4.25. The van der Waals surface area contributed by atoms with Gasteiger partial charge >= 0.3 is 0 Å². The molecule has 7 heteroatoms. The van der Waals surface area contributed by atoms with Crippen LogP contribution >= 0.6 is 11.8 Å². The number of para-hydroxylation sites is 1. The Hall–Kier alpha value is -3.32. The third-order valence-corrected chi connectivity index (χ3v) is 7.39. The minimum atomic E-state index is -0.00706. The topological polar surface area (TPSA) is 77.1 Å². The molecule has 2 heterocycles. The van der Waals surface area contributed by atoms with Gasteiger partial charge in [0.2, 0.25) is 5.91 Å². The number of nitrogens with one attached hydrogen (secondary N) is 1. The molecule has 1 amide bonds. The van der Waals surface area contributed by atoms with Crippen molar-refractivity contribution in [3.63, 3.8) is 0 Å². The summed E-state index contributed by atoms with van der Waals surface area (Å²) in [7, 11) is 0. The molecule has 4 aromatic rings. The molecule has 1 N–H and O–H groups in total. The van der Waals surface area contributed by atoms with Crippen LogP contribution in [0.5, 0.6) is 0 Å². The summed E-state index contributed by atoms with van der Waals surface area (Å²) in [5.74, 6) is 1.49. The first-order chi connectivity index (χ1) is 17.8. The lowest BCUT2D eigenvalue weighted by atomic mass is 9.87. The Bertz CT molecular complexity index is 1370. The molecule has 2 aromatic heterocycles. The average Bonchev–Trinajstić information content (AvgIpc) is 3.41. The van der Waals surface area contributed by atoms with Crippen LogP contribution in [0.4, 0.5) is 0 Å². The first-order valence-corrected chi connectivity index (χ1v) is 13.8. The molecule has 0 unspecified atom stereocenters. The van der Waals surface area contributed by atoms with Crippen LogP contribution in [0.1, 0.15) is 63.3 Å². The van der Waals surface area contributed by atoms with E-state index in [0.29, 0.717) is 24.9 Å². The van der Waals surface area contributed by atoms with Crippen molar-refractivity contribution in [3.05, 3.63) is 94.2 Å². The Labute approximate surface area is 222 Å². The molecule has 37 heavy (non-hydrogen) atoms. The largest absolute Gasteiger partial charge is 0.467 e. The monoisotopic (exact) mass is 517 g/mol. The van der Waals surface area contributed by atoms with Crippen molar-refractivity contribution in [1.29, 1.82) is 0 Å². The fraction of sp³-hybridized carbons (Fsp3) is 0.367. The van der Waals surface area contributed by atoms with E-state index >= 15 is 0 Å². The summed E-state index contributed by atoms with van der Waals surface area (Å²) in [6.45, 7) is 7.62. The van der Waals surface area contributed by atoms with Gasteiger partial charge in [-0.1, -0.05) is 75.4 Å². The van der Waals surface area contributed by atoms with Gasteiger partial charge in [0.25, 0.3) is 5.56 Å². The van der Waals surface area contributed by atoms with Crippen molar-refractivity contribution < 1.29 is 9.21 Å². The summed E-state index contributed by atoms with van der Waals surface area (Å²) in [4.78, 5) is 30.3. The second-order valence-electron chi connectivity index (χ2n) is 10.3. The minimum absolute atomic E-state index is 0.00706. The molecule has 0 bridgehead atoms. The van der Waals surface area contributed by atoms with Crippen molar-refractivity contribution in [2.24, 2.45) is 0 Å². The van der Waals surface area contributed by atoms with Crippen molar-refractivity contribution >= 4 is 28.6 Å². The van der Waals surface area contributed by atoms with Gasteiger partial charge in [-0.05, 0) is 53.6 Å². The van der Waals surface area contributed by atoms with E-state index in [2.05, 4.69) is 50.4 Å². The molecule has 0 saturated heterocycles. The lowest BCUT2D eigenvalue weighted by molar-refractivity contribution is -0.121. The van der Waals surface area contributed by atoms with Crippen LogP contribution in [0.3, 0.4) is 0 Å². The lowest BCUT2D eigenvalue weighted by Gasteiger charge is -2.19. The number of hydrogen-bond acceptors (Lipinski definition) is 5. The number of aromatic nitrogens is 2. The van der Waals surface area contributed by atoms with Gasteiger partial charge in [0.05, 0.1) is 23.7 Å². The SMILES string of the molecule is CC(C)(C)c1ccc(CSc2nc3ccccc3c(=O)n2CCCCCC(=O)NCc2ccco2)cc1. The zero-order valence-corrected chi connectivity index (χ0v) is 22.6. The highest BCUT2D eigenvalue weighted by Crippen LogP contribution is 2.26. The highest BCUT2D eigenvalue weighted by Gasteiger charge is 2.14. The van der Waals surface area contributed by atoms with Gasteiger partial charge in [-0.15, -0.1) is 0 Å². The molecular formula is C30H35N3O3S. The molecular weight excluding hydrogens is 482 g/mol. The van der Waals surface area contributed by atoms with Crippen LogP contribution in [0.25, 0.3) is 10.9 Å². The van der Waals surface area contributed by atoms with Crippen LogP contribution in [0, 0.1) is 0 Å². The van der Waals surface area contributed by atoms with Crippen LogP contribution in [0.15, 0.2) is 81.3 Å². The highest BCUT2D eigenvalue weighted by atomic mass is 32.2. The molecule has 0 spiro atoms. The number of fused-ring (bicyclic) bond motifs is 1. The number of benzene rings is 2. The Morgan fingerprint density at radius 1 is 1.00 bits per heavy atom. The summed E-state index contributed by atoms with van der Waals surface area (Å²) in [6, 6.07) is 19.8. The van der Waals surface area contributed by atoms with Gasteiger partial charge < -0.3 is 9.73 Å². The predicted octanol–water partition coefficient (Wildman–Crippen LogP) is 6.46. The maximum absolute atomic E-state index is 13.3. The fourth-order valence-corrected chi connectivity index (χ4v) is 5.10. The van der Waals surface area contributed by atoms with E-state index in [9.17, 15) is 9.59 Å². The van der Waals surface area contributed by atoms with E-state index < -0.39 is 0 Å². The zero-order valence-electron chi connectivity index (χ0n) is 21.8. The fourth-order valence-electron chi connectivity index (χ4n) is 4.12. The number of nitrogens with zero attached hydrogens (tertiary/aromatic N) is 2. The third-order valence-electron chi connectivity index (χ3n) is 6.34. The molecule has 0 aliphatic carbocycles. The van der Waals surface area contributed by atoms with Crippen molar-refractivity contribution in [1.82, 2.24) is 14.9 Å². The molecule has 0 radical (unpaired) electrons. The van der Waals surface area contributed by atoms with Crippen LogP contribution in [-0.4, -0.2) is 15.5 Å². The standard InChI is InChI=1S/C30H35N3O3S/c1-30(2,3)23-16-14-22(15-17-23)21-37-29-32-26-12-7-6-11-25(26)28(35)33(29)18-8-4-5-13-27(34)31-20-24-10-9-19-36-24/h6-7,9-12,14-17,19H,4-5,8,13,18,20-21H2,1-3H3,(H,31,34). The Morgan fingerprint density at radius 3 is 2.51 bits per heavy atom. The summed E-state index contributed by atoms with van der Waals surface area (Å²) in [6.07, 6.45) is 4.48. The molecule has 2 aromatic carbocycles. The Balaban J connectivity index is 1.37. The van der Waals surface area contributed by atoms with Crippen LogP contribution in [-0.2, 0) is 29.1 Å². The number of unbranched alkanes of at least 4 members (excludes halogenated alkanes) is 2. The molecule has 0 fully saturated rings. The number of carbonyl (C=O) groups is 1. The molecule has 0 atom stereocenters. The van der Waals surface area contributed by atoms with Crippen molar-refractivity contribution in [3.8, 4) is 0 Å². The van der Waals surface area contributed by atoms with Crippen molar-refractivity contribution in [2.75, 3.05) is 0 Å². The minimum Gasteiger partial charge on any atom is -0.467 e. The molecule has 0 aliphatic rings. The van der Waals surface area contributed by atoms with Gasteiger partial charge in [-0.25, -0.2) is 4.98 Å². The Morgan fingerprint density at radius 2 is 1.78 bits per heavy atom. The van der Waals surface area contributed by atoms with Gasteiger partial charge in [0.15, 0.2) is 5.16 Å². The summed E-state index contributed by atoms with van der Waals surface area (Å²) >= 11 is 1.60. The number of carbonyl (C=O) groups excluding carboxylic acids is 1. The second kappa shape index (κ2) is 12.3. The van der Waals surface area contributed by atoms with E-state index in [4.69, 9.17) is 9.40 Å². The van der Waals surface area contributed by atoms with E-state index in [-0.39, 0.29) is 16.9 Å². The predicted molar refractivity (Wildman–Crippen MR) is 150 cm³/mol. The number of thioether (sulfide) groups is 1. The van der Waals surface area contributed by atoms with E-state index in [1.165, 1.54) is 11.1 Å². The second-order valence-corrected chi connectivity index (χ2v) is 11.2. The lowest BCUT2D eigenvalue weighted by Crippen LogP contribution is -2.24. The highest BCUT2D eigenvalue weighted by molar-refractivity contribution is 7.98. The molecule has 6 nitrogen and oxygen atoms in total. The van der Waals surface area contributed by atoms with E-state index in [0.717, 1.165) is 41.4 Å². The molecule has 4 rings (SSSR count). The molecule has 0 saturated carbocycles. The van der Waals surface area contributed by atoms with Gasteiger partial charge in [-0.2, -0.15) is 0 Å². The normalized spacial score (nSPS) is 11.6. The number of hydrogen-bond donors (Lipinski definition) is 1. The zero-order chi connectivity index (χ0) is 26.3. The number of amides is 1. The summed E-state index contributed by atoms with van der Waals surface area (Å²) in [5.41, 5.74) is 3.34. The summed E-state index contributed by atoms with van der Waals surface area (Å²) < 4.78 is 7.04. The van der Waals surface area contributed by atoms with Crippen molar-refractivity contribution in [2.45, 2.75) is 75.9 Å². The third kappa shape index (κ3) is 7.35. The quantitative estimate of drug-likeness (QED) is 0.140.